The molecule has 0 aliphatic rings. The van der Waals surface area contributed by atoms with E-state index in [9.17, 15) is 14.5 Å². The smallest absolute Gasteiger partial charge is 0.257 e. The standard InChI is InChI=1S/C18H17Cl2N5O3S/c1-9-7-8-12(15(26)13(9)18(27)25(2)3)22-17-16(23-29(28)24-17)21-11-6-4-5-10(19)14(11)20/h4-8,26H,1-3H3,(H,21,23)(H,22,24). The zero-order valence-corrected chi connectivity index (χ0v) is 18.0. The third-order valence-electron chi connectivity index (χ3n) is 4.03. The maximum Gasteiger partial charge on any atom is 0.257 e. The third kappa shape index (κ3) is 4.38. The van der Waals surface area contributed by atoms with Gasteiger partial charge in [-0.1, -0.05) is 35.3 Å². The van der Waals surface area contributed by atoms with Gasteiger partial charge in [-0.3, -0.25) is 4.79 Å². The maximum absolute atomic E-state index is 12.4. The van der Waals surface area contributed by atoms with E-state index in [1.807, 2.05) is 0 Å². The number of aryl methyl sites for hydroxylation is 1. The summed E-state index contributed by atoms with van der Waals surface area (Å²) in [6.45, 7) is 1.72. The number of carbonyl (C=O) groups excluding carboxylic acids is 1. The van der Waals surface area contributed by atoms with Gasteiger partial charge in [-0.15, -0.1) is 0 Å². The van der Waals surface area contributed by atoms with Gasteiger partial charge in [-0.25, -0.2) is 0 Å². The average molecular weight is 454 g/mol. The van der Waals surface area contributed by atoms with Gasteiger partial charge in [0.05, 0.1) is 27.0 Å². The van der Waals surface area contributed by atoms with E-state index in [1.165, 1.54) is 4.90 Å². The summed E-state index contributed by atoms with van der Waals surface area (Å²) in [5, 5.41) is 17.0. The Bertz CT molecular complexity index is 1090. The van der Waals surface area contributed by atoms with Crippen LogP contribution in [0.3, 0.4) is 0 Å². The first-order chi connectivity index (χ1) is 13.7. The molecule has 11 heteroatoms. The molecule has 3 aromatic rings. The van der Waals surface area contributed by atoms with Gasteiger partial charge in [0.2, 0.25) is 11.6 Å². The summed E-state index contributed by atoms with van der Waals surface area (Å²) < 4.78 is 19.7. The predicted octanol–water partition coefficient (Wildman–Crippen LogP) is 4.71. The molecule has 0 spiro atoms. The highest BCUT2D eigenvalue weighted by molar-refractivity contribution is 7.14. The fourth-order valence-electron chi connectivity index (χ4n) is 2.57. The number of anilines is 4. The summed E-state index contributed by atoms with van der Waals surface area (Å²) in [6, 6.07) is 8.27. The molecule has 1 heterocycles. The van der Waals surface area contributed by atoms with E-state index in [-0.39, 0.29) is 39.6 Å². The lowest BCUT2D eigenvalue weighted by molar-refractivity contribution is 0.0824. The van der Waals surface area contributed by atoms with E-state index in [4.69, 9.17) is 23.2 Å². The Balaban J connectivity index is 1.97. The first-order valence-corrected chi connectivity index (χ1v) is 10.1. The van der Waals surface area contributed by atoms with E-state index in [0.717, 1.165) is 0 Å². The van der Waals surface area contributed by atoms with Crippen LogP contribution in [0.5, 0.6) is 5.75 Å². The Morgan fingerprint density at radius 3 is 2.34 bits per heavy atom. The number of aromatic hydroxyl groups is 1. The van der Waals surface area contributed by atoms with Crippen molar-refractivity contribution < 1.29 is 14.5 Å². The van der Waals surface area contributed by atoms with Crippen LogP contribution in [-0.4, -0.2) is 43.3 Å². The van der Waals surface area contributed by atoms with Crippen LogP contribution in [0.4, 0.5) is 23.0 Å². The molecular formula is C18H17Cl2N5O3S. The first-order valence-electron chi connectivity index (χ1n) is 8.31. The lowest BCUT2D eigenvalue weighted by Crippen LogP contribution is -2.22. The normalized spacial score (nSPS) is 11.3. The quantitative estimate of drug-likeness (QED) is 0.378. The molecule has 8 nitrogen and oxygen atoms in total. The van der Waals surface area contributed by atoms with E-state index in [2.05, 4.69) is 19.4 Å². The predicted molar refractivity (Wildman–Crippen MR) is 115 cm³/mol. The second kappa shape index (κ2) is 8.42. The topological polar surface area (TPSA) is 113 Å². The van der Waals surface area contributed by atoms with Crippen LogP contribution in [0.1, 0.15) is 15.9 Å². The van der Waals surface area contributed by atoms with Crippen molar-refractivity contribution in [1.82, 2.24) is 13.6 Å². The van der Waals surface area contributed by atoms with Crippen molar-refractivity contribution in [2.75, 3.05) is 24.7 Å². The van der Waals surface area contributed by atoms with Gasteiger partial charge in [0.25, 0.3) is 5.91 Å². The molecule has 0 aliphatic carbocycles. The fraction of sp³-hybridized carbons (Fsp3) is 0.167. The molecule has 0 fully saturated rings. The second-order valence-corrected chi connectivity index (χ2v) is 7.93. The number of halogens is 2. The molecule has 2 aromatic carbocycles. The summed E-state index contributed by atoms with van der Waals surface area (Å²) in [5.74, 6) is -0.336. The van der Waals surface area contributed by atoms with Crippen LogP contribution in [0.25, 0.3) is 0 Å². The van der Waals surface area contributed by atoms with Crippen molar-refractivity contribution in [3.63, 3.8) is 0 Å². The molecule has 0 saturated heterocycles. The van der Waals surface area contributed by atoms with Gasteiger partial charge in [-0.05, 0) is 30.7 Å². The molecule has 0 saturated carbocycles. The highest BCUT2D eigenvalue weighted by atomic mass is 35.5. The molecule has 1 atom stereocenters. The molecule has 0 aliphatic heterocycles. The van der Waals surface area contributed by atoms with Crippen molar-refractivity contribution in [2.24, 2.45) is 0 Å². The Morgan fingerprint density at radius 2 is 1.72 bits per heavy atom. The Labute approximate surface area is 180 Å². The molecule has 1 aromatic heterocycles. The van der Waals surface area contributed by atoms with Crippen molar-refractivity contribution in [2.45, 2.75) is 6.92 Å². The number of nitrogens with one attached hydrogen (secondary N) is 2. The Kier molecular flexibility index (Phi) is 6.13. The Morgan fingerprint density at radius 1 is 1.10 bits per heavy atom. The molecule has 0 bridgehead atoms. The number of phenols is 1. The lowest BCUT2D eigenvalue weighted by atomic mass is 10.0. The van der Waals surface area contributed by atoms with Gasteiger partial charge < -0.3 is 25.2 Å². The van der Waals surface area contributed by atoms with E-state index in [0.29, 0.717) is 16.3 Å². The number of amides is 1. The number of nitrogens with zero attached hydrogens (tertiary/aromatic N) is 3. The van der Waals surface area contributed by atoms with E-state index >= 15 is 0 Å². The Hall–Kier alpha value is -2.59. The summed E-state index contributed by atoms with van der Waals surface area (Å²) in [7, 11) is 3.18. The van der Waals surface area contributed by atoms with Gasteiger partial charge in [0.1, 0.15) is 0 Å². The molecule has 0 radical (unpaired) electrons. The number of rotatable bonds is 5. The highest BCUT2D eigenvalue weighted by Gasteiger charge is 2.23. The molecule has 1 amide bonds. The minimum absolute atomic E-state index is 0.113. The summed E-state index contributed by atoms with van der Waals surface area (Å²) in [5.41, 5.74) is 1.43. The number of hydrogen-bond acceptors (Lipinski definition) is 7. The summed E-state index contributed by atoms with van der Waals surface area (Å²) in [6.07, 6.45) is 0. The number of carbonyl (C=O) groups is 1. The monoisotopic (exact) mass is 453 g/mol. The highest BCUT2D eigenvalue weighted by Crippen LogP contribution is 2.37. The van der Waals surface area contributed by atoms with Gasteiger partial charge in [0.15, 0.2) is 16.9 Å². The van der Waals surface area contributed by atoms with Crippen LogP contribution >= 0.6 is 34.3 Å². The largest absolute Gasteiger partial charge is 0.546 e. The van der Waals surface area contributed by atoms with Crippen LogP contribution in [0.15, 0.2) is 30.3 Å². The summed E-state index contributed by atoms with van der Waals surface area (Å²) in [4.78, 5) is 13.8. The average Bonchev–Trinajstić information content (AvgIpc) is 3.00. The molecule has 3 N–H and O–H groups in total. The molecular weight excluding hydrogens is 437 g/mol. The number of phenolic OH excluding ortho intramolecular Hbond substituents is 1. The van der Waals surface area contributed by atoms with Gasteiger partial charge in [0, 0.05) is 22.8 Å². The molecule has 29 heavy (non-hydrogen) atoms. The van der Waals surface area contributed by atoms with E-state index < -0.39 is 11.1 Å². The summed E-state index contributed by atoms with van der Waals surface area (Å²) >= 11 is 10.3. The fourth-order valence-corrected chi connectivity index (χ4v) is 3.53. The minimum Gasteiger partial charge on any atom is -0.546 e. The van der Waals surface area contributed by atoms with Gasteiger partial charge in [-0.2, -0.15) is 0 Å². The number of aromatic nitrogens is 2. The van der Waals surface area contributed by atoms with Crippen LogP contribution in [0, 0.1) is 6.92 Å². The zero-order valence-electron chi connectivity index (χ0n) is 15.7. The van der Waals surface area contributed by atoms with Crippen molar-refractivity contribution >= 4 is 63.3 Å². The SMILES string of the molecule is Cc1ccc(Nc2n[s+]([O-])nc2Nc2cccc(Cl)c2Cl)c(O)c1C(=O)N(C)C. The molecule has 3 rings (SSSR count). The molecule has 152 valence electrons. The van der Waals surface area contributed by atoms with Crippen molar-refractivity contribution in [1.29, 1.82) is 0 Å². The lowest BCUT2D eigenvalue weighted by Gasteiger charge is -2.16. The zero-order chi connectivity index (χ0) is 21.3. The van der Waals surface area contributed by atoms with Crippen LogP contribution in [-0.2, 0) is 0 Å². The van der Waals surface area contributed by atoms with Crippen LogP contribution in [0.2, 0.25) is 10.0 Å². The molecule has 1 unspecified atom stereocenters. The van der Waals surface area contributed by atoms with Crippen molar-refractivity contribution in [3.8, 4) is 5.75 Å². The van der Waals surface area contributed by atoms with Crippen molar-refractivity contribution in [3.05, 3.63) is 51.5 Å². The maximum atomic E-state index is 12.4. The minimum atomic E-state index is -1.86. The number of benzene rings is 2. The number of hydrogen-bond donors (Lipinski definition) is 3. The van der Waals surface area contributed by atoms with E-state index in [1.54, 1.807) is 51.4 Å². The third-order valence-corrected chi connectivity index (χ3v) is 5.52. The first kappa shape index (κ1) is 21.1. The van der Waals surface area contributed by atoms with Crippen LogP contribution < -0.4 is 10.6 Å². The van der Waals surface area contributed by atoms with Gasteiger partial charge >= 0.3 is 0 Å². The second-order valence-electron chi connectivity index (χ2n) is 6.32.